The van der Waals surface area contributed by atoms with Crippen LogP contribution in [0.25, 0.3) is 11.0 Å². The fourth-order valence-corrected chi connectivity index (χ4v) is 2.80. The quantitative estimate of drug-likeness (QED) is 0.724. The fourth-order valence-electron chi connectivity index (χ4n) is 2.80. The molecule has 0 spiro atoms. The first-order chi connectivity index (χ1) is 11.2. The van der Waals surface area contributed by atoms with Gasteiger partial charge >= 0.3 is 0 Å². The zero-order valence-electron chi connectivity index (χ0n) is 13.8. The van der Waals surface area contributed by atoms with Crippen LogP contribution in [0.4, 0.5) is 0 Å². The van der Waals surface area contributed by atoms with Crippen LogP contribution in [0.2, 0.25) is 0 Å². The molecule has 1 heterocycles. The Morgan fingerprint density at radius 1 is 0.957 bits per heavy atom. The third-order valence-corrected chi connectivity index (χ3v) is 3.91. The van der Waals surface area contributed by atoms with Gasteiger partial charge < -0.3 is 18.8 Å². The zero-order valence-corrected chi connectivity index (χ0v) is 13.8. The van der Waals surface area contributed by atoms with Crippen molar-refractivity contribution in [1.82, 2.24) is 9.55 Å². The molecule has 0 amide bonds. The van der Waals surface area contributed by atoms with E-state index in [1.807, 2.05) is 37.3 Å². The van der Waals surface area contributed by atoms with Gasteiger partial charge in [0.15, 0.2) is 11.5 Å². The number of methoxy groups -OCH3 is 3. The van der Waals surface area contributed by atoms with Crippen LogP contribution in [0.1, 0.15) is 11.4 Å². The van der Waals surface area contributed by atoms with Crippen molar-refractivity contribution in [2.75, 3.05) is 21.3 Å². The molecule has 0 aliphatic heterocycles. The molecule has 3 aromatic rings. The van der Waals surface area contributed by atoms with E-state index in [1.54, 1.807) is 21.3 Å². The van der Waals surface area contributed by atoms with E-state index in [0.717, 1.165) is 22.4 Å². The van der Waals surface area contributed by atoms with Gasteiger partial charge in [0.2, 0.25) is 5.75 Å². The molecular weight excluding hydrogens is 292 g/mol. The lowest BCUT2D eigenvalue weighted by molar-refractivity contribution is 0.323. The van der Waals surface area contributed by atoms with Gasteiger partial charge in [0, 0.05) is 6.54 Å². The van der Waals surface area contributed by atoms with E-state index >= 15 is 0 Å². The van der Waals surface area contributed by atoms with Gasteiger partial charge in [-0.3, -0.25) is 0 Å². The summed E-state index contributed by atoms with van der Waals surface area (Å²) in [6.45, 7) is 2.70. The van der Waals surface area contributed by atoms with E-state index < -0.39 is 0 Å². The molecule has 0 fully saturated rings. The molecule has 3 rings (SSSR count). The van der Waals surface area contributed by atoms with Gasteiger partial charge in [-0.15, -0.1) is 0 Å². The van der Waals surface area contributed by atoms with Gasteiger partial charge in [-0.2, -0.15) is 0 Å². The fraction of sp³-hybridized carbons (Fsp3) is 0.278. The number of rotatable bonds is 5. The number of ether oxygens (including phenoxy) is 3. The highest BCUT2D eigenvalue weighted by Crippen LogP contribution is 2.38. The Labute approximate surface area is 135 Å². The molecule has 5 heteroatoms. The Hall–Kier alpha value is -2.69. The second kappa shape index (κ2) is 6.20. The lowest BCUT2D eigenvalue weighted by Crippen LogP contribution is -2.04. The van der Waals surface area contributed by atoms with Crippen LogP contribution in [0, 0.1) is 6.92 Å². The van der Waals surface area contributed by atoms with Crippen LogP contribution in [0.15, 0.2) is 36.4 Å². The SMILES string of the molecule is COc1cc(Cn2c(C)nc3ccccc32)cc(OC)c1OC. The molecular formula is C18H20N2O3. The summed E-state index contributed by atoms with van der Waals surface area (Å²) in [6.07, 6.45) is 0. The second-order valence-electron chi connectivity index (χ2n) is 5.27. The van der Waals surface area contributed by atoms with Crippen LogP contribution in [-0.4, -0.2) is 30.9 Å². The van der Waals surface area contributed by atoms with E-state index in [1.165, 1.54) is 0 Å². The van der Waals surface area contributed by atoms with E-state index in [-0.39, 0.29) is 0 Å². The summed E-state index contributed by atoms with van der Waals surface area (Å²) in [5.74, 6) is 2.89. The number of hydrogen-bond acceptors (Lipinski definition) is 4. The summed E-state index contributed by atoms with van der Waals surface area (Å²) in [7, 11) is 4.85. The summed E-state index contributed by atoms with van der Waals surface area (Å²) < 4.78 is 18.4. The molecule has 0 bridgehead atoms. The molecule has 23 heavy (non-hydrogen) atoms. The molecule has 0 N–H and O–H groups in total. The maximum Gasteiger partial charge on any atom is 0.203 e. The first-order valence-corrected chi connectivity index (χ1v) is 7.38. The molecule has 0 radical (unpaired) electrons. The van der Waals surface area contributed by atoms with Crippen LogP contribution >= 0.6 is 0 Å². The Kier molecular flexibility index (Phi) is 4.10. The first-order valence-electron chi connectivity index (χ1n) is 7.38. The maximum absolute atomic E-state index is 5.43. The third kappa shape index (κ3) is 2.70. The van der Waals surface area contributed by atoms with Crippen molar-refractivity contribution in [2.24, 2.45) is 0 Å². The largest absolute Gasteiger partial charge is 0.493 e. The van der Waals surface area contributed by atoms with E-state index in [0.29, 0.717) is 23.8 Å². The normalized spacial score (nSPS) is 10.8. The number of imidazole rings is 1. The summed E-state index contributed by atoms with van der Waals surface area (Å²) in [5, 5.41) is 0. The Morgan fingerprint density at radius 3 is 2.22 bits per heavy atom. The predicted octanol–water partition coefficient (Wildman–Crippen LogP) is 3.42. The van der Waals surface area contributed by atoms with Gasteiger partial charge in [-0.05, 0) is 36.8 Å². The first kappa shape index (κ1) is 15.2. The minimum atomic E-state index is 0.603. The minimum Gasteiger partial charge on any atom is -0.493 e. The average molecular weight is 312 g/mol. The van der Waals surface area contributed by atoms with Gasteiger partial charge in [-0.1, -0.05) is 12.1 Å². The molecule has 1 aromatic heterocycles. The molecule has 0 saturated heterocycles. The molecule has 5 nitrogen and oxygen atoms in total. The summed E-state index contributed by atoms with van der Waals surface area (Å²) in [5.41, 5.74) is 3.17. The average Bonchev–Trinajstić information content (AvgIpc) is 2.89. The van der Waals surface area contributed by atoms with Gasteiger partial charge in [0.05, 0.1) is 32.4 Å². The van der Waals surface area contributed by atoms with Crippen LogP contribution in [0.5, 0.6) is 17.2 Å². The van der Waals surface area contributed by atoms with Crippen molar-refractivity contribution in [3.05, 3.63) is 47.8 Å². The number of nitrogens with zero attached hydrogens (tertiary/aromatic N) is 2. The number of fused-ring (bicyclic) bond motifs is 1. The van der Waals surface area contributed by atoms with Crippen molar-refractivity contribution in [3.63, 3.8) is 0 Å². The highest BCUT2D eigenvalue weighted by Gasteiger charge is 2.15. The van der Waals surface area contributed by atoms with Gasteiger partial charge in [0.25, 0.3) is 0 Å². The van der Waals surface area contributed by atoms with Crippen molar-refractivity contribution < 1.29 is 14.2 Å². The monoisotopic (exact) mass is 312 g/mol. The Balaban J connectivity index is 2.07. The molecule has 0 unspecified atom stereocenters. The van der Waals surface area contributed by atoms with Crippen molar-refractivity contribution in [3.8, 4) is 17.2 Å². The molecule has 0 aliphatic carbocycles. The molecule has 120 valence electrons. The summed E-state index contributed by atoms with van der Waals surface area (Å²) in [4.78, 5) is 4.60. The summed E-state index contributed by atoms with van der Waals surface area (Å²) >= 11 is 0. The number of aromatic nitrogens is 2. The van der Waals surface area contributed by atoms with Crippen molar-refractivity contribution in [1.29, 1.82) is 0 Å². The number of hydrogen-bond donors (Lipinski definition) is 0. The number of para-hydroxylation sites is 2. The van der Waals surface area contributed by atoms with E-state index in [2.05, 4.69) is 15.6 Å². The van der Waals surface area contributed by atoms with Crippen LogP contribution in [-0.2, 0) is 6.54 Å². The van der Waals surface area contributed by atoms with Crippen LogP contribution in [0.3, 0.4) is 0 Å². The second-order valence-corrected chi connectivity index (χ2v) is 5.27. The highest BCUT2D eigenvalue weighted by molar-refractivity contribution is 5.76. The number of benzene rings is 2. The van der Waals surface area contributed by atoms with Gasteiger partial charge in [-0.25, -0.2) is 4.98 Å². The molecule has 2 aromatic carbocycles. The molecule has 0 aliphatic rings. The topological polar surface area (TPSA) is 45.5 Å². The predicted molar refractivity (Wildman–Crippen MR) is 89.7 cm³/mol. The minimum absolute atomic E-state index is 0.603. The van der Waals surface area contributed by atoms with Crippen LogP contribution < -0.4 is 14.2 Å². The highest BCUT2D eigenvalue weighted by atomic mass is 16.5. The maximum atomic E-state index is 5.43. The summed E-state index contributed by atoms with van der Waals surface area (Å²) in [6, 6.07) is 12.1. The Morgan fingerprint density at radius 2 is 1.61 bits per heavy atom. The molecule has 0 atom stereocenters. The van der Waals surface area contributed by atoms with E-state index in [9.17, 15) is 0 Å². The van der Waals surface area contributed by atoms with E-state index in [4.69, 9.17) is 14.2 Å². The third-order valence-electron chi connectivity index (χ3n) is 3.91. The smallest absolute Gasteiger partial charge is 0.203 e. The number of aryl methyl sites for hydroxylation is 1. The lowest BCUT2D eigenvalue weighted by Gasteiger charge is -2.15. The van der Waals surface area contributed by atoms with Crippen molar-refractivity contribution >= 4 is 11.0 Å². The Bertz CT molecular complexity index is 814. The van der Waals surface area contributed by atoms with Gasteiger partial charge in [0.1, 0.15) is 5.82 Å². The standard InChI is InChI=1S/C18H20N2O3/c1-12-19-14-7-5-6-8-15(14)20(12)11-13-9-16(21-2)18(23-4)17(10-13)22-3/h5-10H,11H2,1-4H3. The lowest BCUT2D eigenvalue weighted by atomic mass is 10.1. The van der Waals surface area contributed by atoms with Crippen molar-refractivity contribution in [2.45, 2.75) is 13.5 Å². The zero-order chi connectivity index (χ0) is 16.4. The molecule has 0 saturated carbocycles.